The van der Waals surface area contributed by atoms with Crippen molar-refractivity contribution in [3.05, 3.63) is 35.4 Å². The lowest BCUT2D eigenvalue weighted by Gasteiger charge is -2.30. The van der Waals surface area contributed by atoms with Crippen LogP contribution in [-0.2, 0) is 10.4 Å². The van der Waals surface area contributed by atoms with Crippen LogP contribution in [0.4, 0.5) is 8.78 Å². The molecule has 5 heteroatoms. The van der Waals surface area contributed by atoms with Gasteiger partial charge in [-0.15, -0.1) is 0 Å². The molecule has 3 nitrogen and oxygen atoms in total. The average Bonchev–Trinajstić information content (AvgIpc) is 2.27. The van der Waals surface area contributed by atoms with Crippen molar-refractivity contribution in [2.45, 2.75) is 38.7 Å². The van der Waals surface area contributed by atoms with Gasteiger partial charge < -0.3 is 10.2 Å². The molecule has 0 aliphatic heterocycles. The first-order valence-corrected chi connectivity index (χ1v) is 6.20. The van der Waals surface area contributed by atoms with E-state index in [1.807, 2.05) is 6.92 Å². The van der Waals surface area contributed by atoms with Gasteiger partial charge >= 0.3 is 5.97 Å². The molecule has 0 fully saturated rings. The molecule has 0 aromatic heterocycles. The number of benzene rings is 1. The molecule has 0 heterocycles. The zero-order chi connectivity index (χ0) is 14.6. The highest BCUT2D eigenvalue weighted by Gasteiger charge is 2.39. The second-order valence-electron chi connectivity index (χ2n) is 4.84. The Bertz CT molecular complexity index is 438. The first-order valence-electron chi connectivity index (χ1n) is 6.20. The van der Waals surface area contributed by atoms with Gasteiger partial charge in [-0.25, -0.2) is 8.78 Å². The van der Waals surface area contributed by atoms with E-state index in [4.69, 9.17) is 0 Å². The van der Waals surface area contributed by atoms with Crippen molar-refractivity contribution in [1.82, 2.24) is 0 Å². The van der Waals surface area contributed by atoms with Gasteiger partial charge in [-0.2, -0.15) is 0 Å². The van der Waals surface area contributed by atoms with Crippen molar-refractivity contribution < 1.29 is 23.8 Å². The van der Waals surface area contributed by atoms with Crippen molar-refractivity contribution >= 4 is 5.97 Å². The molecule has 0 saturated carbocycles. The first-order chi connectivity index (χ1) is 8.78. The largest absolute Gasteiger partial charge is 0.481 e. The molecule has 2 unspecified atom stereocenters. The quantitative estimate of drug-likeness (QED) is 0.836. The summed E-state index contributed by atoms with van der Waals surface area (Å²) in [5.41, 5.74) is -1.88. The SMILES string of the molecule is CCCCC(C(=O)O)C(C)(O)c1cc(F)cc(F)c1. The van der Waals surface area contributed by atoms with Gasteiger partial charge in [0.25, 0.3) is 0 Å². The van der Waals surface area contributed by atoms with Crippen LogP contribution < -0.4 is 0 Å². The standard InChI is InChI=1S/C14H18F2O3/c1-3-4-5-12(13(17)18)14(2,19)9-6-10(15)8-11(16)7-9/h6-8,12,19H,3-5H2,1-2H3,(H,17,18). The molecule has 0 spiro atoms. The summed E-state index contributed by atoms with van der Waals surface area (Å²) in [6.45, 7) is 3.17. The molecule has 0 aliphatic carbocycles. The number of carbonyl (C=O) groups is 1. The van der Waals surface area contributed by atoms with Crippen LogP contribution in [-0.4, -0.2) is 16.2 Å². The van der Waals surface area contributed by atoms with Crippen LogP contribution in [0.15, 0.2) is 18.2 Å². The minimum Gasteiger partial charge on any atom is -0.481 e. The van der Waals surface area contributed by atoms with E-state index in [0.29, 0.717) is 12.5 Å². The van der Waals surface area contributed by atoms with Crippen LogP contribution in [0.1, 0.15) is 38.7 Å². The van der Waals surface area contributed by atoms with Crippen molar-refractivity contribution in [3.8, 4) is 0 Å². The Kier molecular flexibility index (Phi) is 5.00. The number of carboxylic acids is 1. The Labute approximate surface area is 110 Å². The van der Waals surface area contributed by atoms with Crippen LogP contribution >= 0.6 is 0 Å². The maximum Gasteiger partial charge on any atom is 0.309 e. The van der Waals surface area contributed by atoms with Crippen molar-refractivity contribution in [1.29, 1.82) is 0 Å². The molecule has 0 bridgehead atoms. The third kappa shape index (κ3) is 3.73. The second kappa shape index (κ2) is 6.10. The predicted octanol–water partition coefficient (Wildman–Crippen LogP) is 3.06. The van der Waals surface area contributed by atoms with E-state index >= 15 is 0 Å². The van der Waals surface area contributed by atoms with Crippen molar-refractivity contribution in [2.75, 3.05) is 0 Å². The van der Waals surface area contributed by atoms with Crippen molar-refractivity contribution in [3.63, 3.8) is 0 Å². The van der Waals surface area contributed by atoms with Gasteiger partial charge in [-0.05, 0) is 31.0 Å². The van der Waals surface area contributed by atoms with Gasteiger partial charge in [-0.1, -0.05) is 19.8 Å². The van der Waals surface area contributed by atoms with Crippen LogP contribution in [0.3, 0.4) is 0 Å². The summed E-state index contributed by atoms with van der Waals surface area (Å²) in [5.74, 6) is -3.96. The number of halogens is 2. The molecule has 1 rings (SSSR count). The normalized spacial score (nSPS) is 15.8. The minimum atomic E-state index is -1.82. The van der Waals surface area contributed by atoms with E-state index in [-0.39, 0.29) is 12.0 Å². The van der Waals surface area contributed by atoms with Gasteiger partial charge in [0.05, 0.1) is 5.92 Å². The fourth-order valence-corrected chi connectivity index (χ4v) is 2.10. The van der Waals surface area contributed by atoms with Crippen LogP contribution in [0, 0.1) is 17.6 Å². The highest BCUT2D eigenvalue weighted by Crippen LogP contribution is 2.33. The fraction of sp³-hybridized carbons (Fsp3) is 0.500. The Morgan fingerprint density at radius 3 is 2.26 bits per heavy atom. The summed E-state index contributed by atoms with van der Waals surface area (Å²) in [5, 5.41) is 19.6. The van der Waals surface area contributed by atoms with Gasteiger partial charge in [-0.3, -0.25) is 4.79 Å². The topological polar surface area (TPSA) is 57.5 Å². The first kappa shape index (κ1) is 15.6. The van der Waals surface area contributed by atoms with Gasteiger partial charge in [0.1, 0.15) is 17.2 Å². The Morgan fingerprint density at radius 2 is 1.84 bits per heavy atom. The molecule has 106 valence electrons. The van der Waals surface area contributed by atoms with E-state index in [1.165, 1.54) is 6.92 Å². The number of unbranched alkanes of at least 4 members (excludes halogenated alkanes) is 1. The maximum absolute atomic E-state index is 13.2. The molecule has 1 aromatic rings. The number of rotatable bonds is 6. The molecule has 0 aliphatic rings. The molecular weight excluding hydrogens is 254 g/mol. The molecule has 0 saturated heterocycles. The monoisotopic (exact) mass is 272 g/mol. The third-order valence-electron chi connectivity index (χ3n) is 3.27. The number of aliphatic hydroxyl groups is 1. The van der Waals surface area contributed by atoms with Gasteiger partial charge in [0, 0.05) is 6.07 Å². The fourth-order valence-electron chi connectivity index (χ4n) is 2.10. The lowest BCUT2D eigenvalue weighted by molar-refractivity contribution is -0.152. The molecular formula is C14H18F2O3. The highest BCUT2D eigenvalue weighted by atomic mass is 19.1. The Balaban J connectivity index is 3.13. The summed E-state index contributed by atoms with van der Waals surface area (Å²) in [6.07, 6.45) is 1.64. The smallest absolute Gasteiger partial charge is 0.309 e. The summed E-state index contributed by atoms with van der Waals surface area (Å²) in [7, 11) is 0. The van der Waals surface area contributed by atoms with Crippen molar-refractivity contribution in [2.24, 2.45) is 5.92 Å². The lowest BCUT2D eigenvalue weighted by Crippen LogP contribution is -2.37. The number of carboxylic acid groups (broad SMARTS) is 1. The number of hydrogen-bond donors (Lipinski definition) is 2. The molecule has 2 N–H and O–H groups in total. The zero-order valence-electron chi connectivity index (χ0n) is 11.0. The second-order valence-corrected chi connectivity index (χ2v) is 4.84. The summed E-state index contributed by atoms with van der Waals surface area (Å²) in [4.78, 5) is 11.2. The maximum atomic E-state index is 13.2. The molecule has 0 radical (unpaired) electrons. The zero-order valence-corrected chi connectivity index (χ0v) is 11.0. The Morgan fingerprint density at radius 1 is 1.32 bits per heavy atom. The number of hydrogen-bond acceptors (Lipinski definition) is 2. The predicted molar refractivity (Wildman–Crippen MR) is 66.6 cm³/mol. The minimum absolute atomic E-state index is 0.0616. The molecule has 2 atom stereocenters. The van der Waals surface area contributed by atoms with E-state index in [9.17, 15) is 23.8 Å². The van der Waals surface area contributed by atoms with Crippen LogP contribution in [0.5, 0.6) is 0 Å². The van der Waals surface area contributed by atoms with Gasteiger partial charge in [0.15, 0.2) is 0 Å². The summed E-state index contributed by atoms with van der Waals surface area (Å²) in [6, 6.07) is 2.61. The lowest BCUT2D eigenvalue weighted by atomic mass is 9.80. The van der Waals surface area contributed by atoms with E-state index in [1.54, 1.807) is 0 Å². The summed E-state index contributed by atoms with van der Waals surface area (Å²) < 4.78 is 26.4. The average molecular weight is 272 g/mol. The molecule has 0 amide bonds. The molecule has 19 heavy (non-hydrogen) atoms. The Hall–Kier alpha value is -1.49. The van der Waals surface area contributed by atoms with Crippen LogP contribution in [0.2, 0.25) is 0 Å². The van der Waals surface area contributed by atoms with Crippen LogP contribution in [0.25, 0.3) is 0 Å². The van der Waals surface area contributed by atoms with E-state index < -0.39 is 29.1 Å². The van der Waals surface area contributed by atoms with E-state index in [2.05, 4.69) is 0 Å². The highest BCUT2D eigenvalue weighted by molar-refractivity contribution is 5.72. The third-order valence-corrected chi connectivity index (χ3v) is 3.27. The summed E-state index contributed by atoms with van der Waals surface area (Å²) >= 11 is 0. The molecule has 1 aromatic carbocycles. The number of aliphatic carboxylic acids is 1. The van der Waals surface area contributed by atoms with E-state index in [0.717, 1.165) is 18.6 Å². The van der Waals surface area contributed by atoms with Gasteiger partial charge in [0.2, 0.25) is 0 Å².